The zero-order chi connectivity index (χ0) is 16.4. The van der Waals surface area contributed by atoms with Gasteiger partial charge in [-0.1, -0.05) is 18.2 Å². The van der Waals surface area contributed by atoms with Crippen LogP contribution >= 0.6 is 0 Å². The van der Waals surface area contributed by atoms with Gasteiger partial charge < -0.3 is 10.6 Å². The van der Waals surface area contributed by atoms with Crippen molar-refractivity contribution in [2.45, 2.75) is 25.1 Å². The number of piperidine rings is 1. The van der Waals surface area contributed by atoms with Gasteiger partial charge in [0.2, 0.25) is 0 Å². The molecular formula is C17H17F3N3. The predicted molar refractivity (Wildman–Crippen MR) is 82.9 cm³/mol. The predicted octanol–water partition coefficient (Wildman–Crippen LogP) is 3.50. The lowest BCUT2D eigenvalue weighted by Crippen LogP contribution is -2.43. The minimum atomic E-state index is -4.46. The van der Waals surface area contributed by atoms with E-state index in [0.29, 0.717) is 12.1 Å². The van der Waals surface area contributed by atoms with Crippen molar-refractivity contribution >= 4 is 5.69 Å². The van der Waals surface area contributed by atoms with Gasteiger partial charge in [0.25, 0.3) is 0 Å². The average Bonchev–Trinajstić information content (AvgIpc) is 2.54. The summed E-state index contributed by atoms with van der Waals surface area (Å²) in [5, 5.41) is 0. The Kier molecular flexibility index (Phi) is 4.26. The van der Waals surface area contributed by atoms with Crippen molar-refractivity contribution in [3.8, 4) is 11.1 Å². The lowest BCUT2D eigenvalue weighted by Gasteiger charge is -2.34. The Morgan fingerprint density at radius 2 is 2.09 bits per heavy atom. The van der Waals surface area contributed by atoms with Crippen molar-refractivity contribution in [1.82, 2.24) is 4.98 Å². The largest absolute Gasteiger partial charge is 0.417 e. The molecule has 2 heterocycles. The van der Waals surface area contributed by atoms with Gasteiger partial charge in [-0.2, -0.15) is 13.2 Å². The van der Waals surface area contributed by atoms with Crippen LogP contribution in [-0.4, -0.2) is 24.1 Å². The summed E-state index contributed by atoms with van der Waals surface area (Å²) in [5.74, 6) is 0. The molecule has 1 saturated heterocycles. The fraction of sp³-hybridized carbons (Fsp3) is 0.353. The molecule has 23 heavy (non-hydrogen) atoms. The molecule has 3 rings (SSSR count). The number of nitrogens with zero attached hydrogens (tertiary/aromatic N) is 2. The number of nitrogens with two attached hydrogens (primary N) is 1. The van der Waals surface area contributed by atoms with Crippen molar-refractivity contribution < 1.29 is 13.2 Å². The van der Waals surface area contributed by atoms with Gasteiger partial charge in [-0.25, -0.2) is 0 Å². The first-order valence-electron chi connectivity index (χ1n) is 7.49. The Labute approximate surface area is 132 Å². The zero-order valence-electron chi connectivity index (χ0n) is 12.5. The summed E-state index contributed by atoms with van der Waals surface area (Å²) < 4.78 is 39.9. The third-order valence-electron chi connectivity index (χ3n) is 4.03. The minimum Gasteiger partial charge on any atom is -0.369 e. The van der Waals surface area contributed by atoms with Crippen LogP contribution in [0.4, 0.5) is 18.9 Å². The molecule has 1 aliphatic heterocycles. The van der Waals surface area contributed by atoms with E-state index in [4.69, 9.17) is 5.73 Å². The highest BCUT2D eigenvalue weighted by Gasteiger charge is 2.34. The molecule has 1 aliphatic rings. The van der Waals surface area contributed by atoms with Crippen molar-refractivity contribution in [3.05, 3.63) is 48.3 Å². The number of hydrogen-bond donors (Lipinski definition) is 1. The molecule has 0 saturated carbocycles. The van der Waals surface area contributed by atoms with E-state index in [1.165, 1.54) is 18.3 Å². The van der Waals surface area contributed by atoms with Gasteiger partial charge in [-0.05, 0) is 30.5 Å². The number of aromatic nitrogens is 1. The number of alkyl halides is 3. The van der Waals surface area contributed by atoms with E-state index in [2.05, 4.69) is 11.1 Å². The summed E-state index contributed by atoms with van der Waals surface area (Å²) in [7, 11) is 0. The van der Waals surface area contributed by atoms with Crippen LogP contribution in [0.25, 0.3) is 11.1 Å². The fourth-order valence-corrected chi connectivity index (χ4v) is 3.00. The number of halogens is 3. The molecule has 1 aromatic carbocycles. The van der Waals surface area contributed by atoms with Gasteiger partial charge in [-0.3, -0.25) is 4.98 Å². The van der Waals surface area contributed by atoms with Gasteiger partial charge in [-0.15, -0.1) is 0 Å². The van der Waals surface area contributed by atoms with E-state index in [1.807, 2.05) is 4.90 Å². The van der Waals surface area contributed by atoms with Crippen LogP contribution < -0.4 is 10.6 Å². The Morgan fingerprint density at radius 3 is 2.83 bits per heavy atom. The van der Waals surface area contributed by atoms with E-state index >= 15 is 0 Å². The molecule has 121 valence electrons. The maximum Gasteiger partial charge on any atom is 0.417 e. The summed E-state index contributed by atoms with van der Waals surface area (Å²) in [6.45, 7) is 1.41. The molecule has 0 bridgehead atoms. The molecule has 1 atom stereocenters. The second-order valence-corrected chi connectivity index (χ2v) is 5.70. The van der Waals surface area contributed by atoms with Crippen LogP contribution in [0.3, 0.4) is 0 Å². The first-order chi connectivity index (χ1) is 11.0. The van der Waals surface area contributed by atoms with Gasteiger partial charge in [0.1, 0.15) is 0 Å². The normalized spacial score (nSPS) is 19.0. The molecule has 1 fully saturated rings. The van der Waals surface area contributed by atoms with Crippen molar-refractivity contribution in [3.63, 3.8) is 0 Å². The lowest BCUT2D eigenvalue weighted by molar-refractivity contribution is -0.137. The number of benzene rings is 1. The molecule has 2 N–H and O–H groups in total. The highest BCUT2D eigenvalue weighted by Crippen LogP contribution is 2.40. The smallest absolute Gasteiger partial charge is 0.369 e. The topological polar surface area (TPSA) is 42.1 Å². The second-order valence-electron chi connectivity index (χ2n) is 5.70. The number of hydrogen-bond acceptors (Lipinski definition) is 3. The highest BCUT2D eigenvalue weighted by molar-refractivity contribution is 5.80. The number of pyridine rings is 1. The Bertz CT molecular complexity index is 685. The molecule has 1 aromatic heterocycles. The van der Waals surface area contributed by atoms with E-state index < -0.39 is 11.7 Å². The molecular weight excluding hydrogens is 303 g/mol. The lowest BCUT2D eigenvalue weighted by atomic mass is 9.97. The second kappa shape index (κ2) is 6.20. The standard InChI is InChI=1S/C17H17F3N3/c18-17(19,20)15-6-2-1-5-13(15)14-10-22-8-7-16(14)23-9-3-4-12(21)11-23/h1-2,5,7-8,10,12H,3-4,9,11,21H2/t12-/m0/s1. The van der Waals surface area contributed by atoms with Crippen LogP contribution in [0, 0.1) is 6.07 Å². The quantitative estimate of drug-likeness (QED) is 0.921. The van der Waals surface area contributed by atoms with Crippen LogP contribution in [0.15, 0.2) is 36.7 Å². The van der Waals surface area contributed by atoms with E-state index in [-0.39, 0.29) is 11.6 Å². The summed E-state index contributed by atoms with van der Waals surface area (Å²) in [4.78, 5) is 6.06. The highest BCUT2D eigenvalue weighted by atomic mass is 19.4. The van der Waals surface area contributed by atoms with Crippen molar-refractivity contribution in [2.24, 2.45) is 5.73 Å². The van der Waals surface area contributed by atoms with Crippen molar-refractivity contribution in [2.75, 3.05) is 18.0 Å². The van der Waals surface area contributed by atoms with Gasteiger partial charge in [0.15, 0.2) is 0 Å². The Morgan fingerprint density at radius 1 is 1.26 bits per heavy atom. The monoisotopic (exact) mass is 320 g/mol. The minimum absolute atomic E-state index is 0.0363. The molecule has 0 aliphatic carbocycles. The molecule has 1 radical (unpaired) electrons. The molecule has 3 nitrogen and oxygen atoms in total. The zero-order valence-corrected chi connectivity index (χ0v) is 12.5. The summed E-state index contributed by atoms with van der Waals surface area (Å²) >= 11 is 0. The van der Waals surface area contributed by atoms with Crippen LogP contribution in [0.2, 0.25) is 0 Å². The average molecular weight is 320 g/mol. The van der Waals surface area contributed by atoms with Crippen LogP contribution in [-0.2, 0) is 6.18 Å². The van der Waals surface area contributed by atoms with Gasteiger partial charge >= 0.3 is 6.18 Å². The van der Waals surface area contributed by atoms with Gasteiger partial charge in [0.05, 0.1) is 5.56 Å². The fourth-order valence-electron chi connectivity index (χ4n) is 3.00. The summed E-state index contributed by atoms with van der Waals surface area (Å²) in [6.07, 6.45) is 0.481. The third kappa shape index (κ3) is 3.32. The first-order valence-corrected chi connectivity index (χ1v) is 7.49. The molecule has 0 spiro atoms. The van der Waals surface area contributed by atoms with Crippen molar-refractivity contribution in [1.29, 1.82) is 0 Å². The Balaban J connectivity index is 2.08. The maximum atomic E-state index is 13.3. The maximum absolute atomic E-state index is 13.3. The summed E-state index contributed by atoms with van der Waals surface area (Å²) in [5.41, 5.74) is 6.54. The molecule has 0 unspecified atom stereocenters. The van der Waals surface area contributed by atoms with Gasteiger partial charge in [0, 0.05) is 42.8 Å². The first kappa shape index (κ1) is 15.8. The SMILES string of the molecule is N[C@H]1CCCN(c2ccncc2-c2ccc[c]c2C(F)(F)F)C1. The Hall–Kier alpha value is -2.08. The summed E-state index contributed by atoms with van der Waals surface area (Å²) in [6, 6.07) is 8.40. The number of anilines is 1. The van der Waals surface area contributed by atoms with E-state index in [1.54, 1.807) is 18.3 Å². The number of rotatable bonds is 2. The molecule has 6 heteroatoms. The molecule has 2 aromatic rings. The van der Waals surface area contributed by atoms with E-state index in [0.717, 1.165) is 25.1 Å². The van der Waals surface area contributed by atoms with E-state index in [9.17, 15) is 13.2 Å². The molecule has 0 amide bonds. The van der Waals surface area contributed by atoms with Crippen LogP contribution in [0.5, 0.6) is 0 Å². The third-order valence-corrected chi connectivity index (χ3v) is 4.03. The van der Waals surface area contributed by atoms with Crippen LogP contribution in [0.1, 0.15) is 18.4 Å².